The number of nitrogens with one attached hydrogen (secondary N) is 1. The fraction of sp³-hybridized carbons (Fsp3) is 0.310. The average molecular weight is 469 g/mol. The molecule has 1 aliphatic rings. The fourth-order valence-electron chi connectivity index (χ4n) is 5.01. The Bertz CT molecular complexity index is 1300. The Kier molecular flexibility index (Phi) is 7.21. The van der Waals surface area contributed by atoms with Gasteiger partial charge in [0.25, 0.3) is 5.56 Å². The Morgan fingerprint density at radius 2 is 1.74 bits per heavy atom. The third-order valence-corrected chi connectivity index (χ3v) is 6.96. The smallest absolute Gasteiger partial charge is 0.252 e. The highest BCUT2D eigenvalue weighted by molar-refractivity contribution is 5.80. The normalized spacial score (nSPS) is 15.0. The number of likely N-dealkylation sites (tertiary alicyclic amines) is 1. The maximum atomic E-state index is 13.0. The summed E-state index contributed by atoms with van der Waals surface area (Å²) in [5.41, 5.74) is 4.16. The first-order chi connectivity index (χ1) is 17.2. The van der Waals surface area contributed by atoms with Gasteiger partial charge in [-0.3, -0.25) is 19.6 Å². The molecule has 6 heteroatoms. The first-order valence-electron chi connectivity index (χ1n) is 12.3. The number of aromatic nitrogens is 2. The van der Waals surface area contributed by atoms with Crippen LogP contribution in [0.2, 0.25) is 0 Å². The van der Waals surface area contributed by atoms with Gasteiger partial charge < -0.3 is 9.72 Å². The molecule has 2 aromatic heterocycles. The van der Waals surface area contributed by atoms with Crippen molar-refractivity contribution in [2.45, 2.75) is 38.5 Å². The fourth-order valence-corrected chi connectivity index (χ4v) is 5.01. The second kappa shape index (κ2) is 10.8. The van der Waals surface area contributed by atoms with Crippen molar-refractivity contribution in [3.05, 3.63) is 106 Å². The molecule has 6 nitrogen and oxygen atoms in total. The van der Waals surface area contributed by atoms with Crippen molar-refractivity contribution in [1.29, 1.82) is 0 Å². The van der Waals surface area contributed by atoms with Crippen molar-refractivity contribution in [2.75, 3.05) is 20.2 Å². The van der Waals surface area contributed by atoms with E-state index in [1.54, 1.807) is 7.11 Å². The Balaban J connectivity index is 1.35. The van der Waals surface area contributed by atoms with Crippen molar-refractivity contribution in [3.8, 4) is 5.75 Å². The lowest BCUT2D eigenvalue weighted by Crippen LogP contribution is -2.44. The van der Waals surface area contributed by atoms with Crippen molar-refractivity contribution in [1.82, 2.24) is 19.8 Å². The van der Waals surface area contributed by atoms with E-state index < -0.39 is 0 Å². The van der Waals surface area contributed by atoms with Crippen LogP contribution in [0.25, 0.3) is 10.9 Å². The van der Waals surface area contributed by atoms with Crippen LogP contribution in [-0.2, 0) is 19.6 Å². The van der Waals surface area contributed by atoms with E-state index in [9.17, 15) is 4.79 Å². The molecule has 0 atom stereocenters. The molecule has 0 unspecified atom stereocenters. The van der Waals surface area contributed by atoms with Gasteiger partial charge in [-0.15, -0.1) is 0 Å². The Hall–Kier alpha value is -3.48. The number of rotatable bonds is 8. The van der Waals surface area contributed by atoms with E-state index in [-0.39, 0.29) is 5.56 Å². The first-order valence-corrected chi connectivity index (χ1v) is 12.3. The van der Waals surface area contributed by atoms with Gasteiger partial charge in [0.2, 0.25) is 0 Å². The molecule has 2 aromatic carbocycles. The van der Waals surface area contributed by atoms with Gasteiger partial charge >= 0.3 is 0 Å². The number of nitrogens with zero attached hydrogens (tertiary/aromatic N) is 3. The van der Waals surface area contributed by atoms with Crippen LogP contribution in [0.3, 0.4) is 0 Å². The molecule has 4 aromatic rings. The van der Waals surface area contributed by atoms with Crippen LogP contribution in [0.4, 0.5) is 0 Å². The number of pyridine rings is 2. The summed E-state index contributed by atoms with van der Waals surface area (Å²) in [6.45, 7) is 4.50. The Morgan fingerprint density at radius 3 is 2.49 bits per heavy atom. The molecular weight excluding hydrogens is 436 g/mol. The van der Waals surface area contributed by atoms with Crippen molar-refractivity contribution < 1.29 is 4.74 Å². The second-order valence-corrected chi connectivity index (χ2v) is 9.33. The molecule has 0 bridgehead atoms. The van der Waals surface area contributed by atoms with Crippen molar-refractivity contribution in [2.24, 2.45) is 0 Å². The van der Waals surface area contributed by atoms with Gasteiger partial charge in [-0.1, -0.05) is 30.3 Å². The van der Waals surface area contributed by atoms with E-state index in [0.29, 0.717) is 12.6 Å². The zero-order chi connectivity index (χ0) is 24.0. The monoisotopic (exact) mass is 468 g/mol. The number of aromatic amines is 1. The van der Waals surface area contributed by atoms with Crippen LogP contribution in [0.5, 0.6) is 5.75 Å². The predicted molar refractivity (Wildman–Crippen MR) is 139 cm³/mol. The molecular formula is C29H32N4O2. The SMILES string of the molecule is COc1ccc2[nH]c(=O)c(CN(Cc3ccncc3)C3CCN(Cc4ccccc4)CC3)cc2c1. The lowest BCUT2D eigenvalue weighted by atomic mass is 10.0. The van der Waals surface area contributed by atoms with E-state index in [4.69, 9.17) is 4.74 Å². The molecule has 35 heavy (non-hydrogen) atoms. The molecule has 1 fully saturated rings. The third-order valence-electron chi connectivity index (χ3n) is 6.96. The highest BCUT2D eigenvalue weighted by Crippen LogP contribution is 2.24. The number of hydrogen-bond acceptors (Lipinski definition) is 5. The molecule has 3 heterocycles. The maximum Gasteiger partial charge on any atom is 0.252 e. The molecule has 0 spiro atoms. The van der Waals surface area contributed by atoms with Crippen LogP contribution in [0, 0.1) is 0 Å². The largest absolute Gasteiger partial charge is 0.497 e. The highest BCUT2D eigenvalue weighted by atomic mass is 16.5. The highest BCUT2D eigenvalue weighted by Gasteiger charge is 2.25. The summed E-state index contributed by atoms with van der Waals surface area (Å²) in [7, 11) is 1.66. The maximum absolute atomic E-state index is 13.0. The average Bonchev–Trinajstić information content (AvgIpc) is 2.90. The van der Waals surface area contributed by atoms with E-state index in [0.717, 1.165) is 61.2 Å². The Labute approximate surface area is 206 Å². The minimum atomic E-state index is -0.0242. The molecule has 1 N–H and O–H groups in total. The van der Waals surface area contributed by atoms with Gasteiger partial charge in [-0.2, -0.15) is 0 Å². The second-order valence-electron chi connectivity index (χ2n) is 9.33. The number of H-pyrrole nitrogens is 1. The summed E-state index contributed by atoms with van der Waals surface area (Å²) in [6, 6.07) is 23.0. The minimum Gasteiger partial charge on any atom is -0.497 e. The van der Waals surface area contributed by atoms with E-state index in [2.05, 4.69) is 62.2 Å². The van der Waals surface area contributed by atoms with Crippen LogP contribution >= 0.6 is 0 Å². The lowest BCUT2D eigenvalue weighted by Gasteiger charge is -2.38. The van der Waals surface area contributed by atoms with E-state index in [1.807, 2.05) is 36.7 Å². The van der Waals surface area contributed by atoms with Crippen LogP contribution in [0.1, 0.15) is 29.5 Å². The summed E-state index contributed by atoms with van der Waals surface area (Å²) >= 11 is 0. The minimum absolute atomic E-state index is 0.0242. The number of piperidine rings is 1. The summed E-state index contributed by atoms with van der Waals surface area (Å²) in [5, 5.41) is 0.987. The van der Waals surface area contributed by atoms with Gasteiger partial charge in [0.05, 0.1) is 7.11 Å². The zero-order valence-corrected chi connectivity index (χ0v) is 20.2. The van der Waals surface area contributed by atoms with Gasteiger partial charge in [-0.25, -0.2) is 0 Å². The summed E-state index contributed by atoms with van der Waals surface area (Å²) in [4.78, 5) is 25.2. The standard InChI is InChI=1S/C29H32N4O2/c1-35-27-7-8-28-24(18-27)17-25(29(34)31-28)21-33(20-23-9-13-30-14-10-23)26-11-15-32(16-12-26)19-22-5-3-2-4-6-22/h2-10,13-14,17-18,26H,11-12,15-16,19-21H2,1H3,(H,31,34). The molecule has 5 rings (SSSR count). The molecule has 0 amide bonds. The zero-order valence-electron chi connectivity index (χ0n) is 20.2. The Morgan fingerprint density at radius 1 is 0.971 bits per heavy atom. The van der Waals surface area contributed by atoms with Crippen LogP contribution in [0.15, 0.2) is 83.9 Å². The quantitative estimate of drug-likeness (QED) is 0.410. The number of ether oxygens (including phenoxy) is 1. The number of methoxy groups -OCH3 is 1. The number of hydrogen-bond donors (Lipinski definition) is 1. The molecule has 1 aliphatic heterocycles. The number of benzene rings is 2. The molecule has 0 radical (unpaired) electrons. The van der Waals surface area contributed by atoms with Gasteiger partial charge in [0, 0.05) is 54.5 Å². The number of fused-ring (bicyclic) bond motifs is 1. The van der Waals surface area contributed by atoms with Gasteiger partial charge in [-0.05, 0) is 73.5 Å². The van der Waals surface area contributed by atoms with Crippen LogP contribution in [-0.4, -0.2) is 46.0 Å². The van der Waals surface area contributed by atoms with Gasteiger partial charge in [0.1, 0.15) is 5.75 Å². The topological polar surface area (TPSA) is 61.5 Å². The molecule has 0 saturated carbocycles. The molecule has 1 saturated heterocycles. The molecule has 180 valence electrons. The predicted octanol–water partition coefficient (Wildman–Crippen LogP) is 4.60. The summed E-state index contributed by atoms with van der Waals surface area (Å²) in [5.74, 6) is 0.787. The van der Waals surface area contributed by atoms with Crippen LogP contribution < -0.4 is 10.3 Å². The van der Waals surface area contributed by atoms with Gasteiger partial charge in [0.15, 0.2) is 0 Å². The lowest BCUT2D eigenvalue weighted by molar-refractivity contribution is 0.0930. The third kappa shape index (κ3) is 5.78. The summed E-state index contributed by atoms with van der Waals surface area (Å²) < 4.78 is 5.39. The van der Waals surface area contributed by atoms with E-state index >= 15 is 0 Å². The molecule has 0 aliphatic carbocycles. The summed E-state index contributed by atoms with van der Waals surface area (Å²) in [6.07, 6.45) is 5.84. The van der Waals surface area contributed by atoms with Crippen molar-refractivity contribution >= 4 is 10.9 Å². The van der Waals surface area contributed by atoms with Crippen molar-refractivity contribution in [3.63, 3.8) is 0 Å². The first kappa shape index (κ1) is 23.3. The van der Waals surface area contributed by atoms with E-state index in [1.165, 1.54) is 11.1 Å².